The molecule has 3 N–H and O–H groups in total. The summed E-state index contributed by atoms with van der Waals surface area (Å²) in [5, 5.41) is 8.04. The van der Waals surface area contributed by atoms with Gasteiger partial charge >= 0.3 is 0 Å². The third-order valence-electron chi connectivity index (χ3n) is 3.36. The van der Waals surface area contributed by atoms with Crippen LogP contribution in [0.2, 0.25) is 0 Å². The Bertz CT molecular complexity index is 818. The van der Waals surface area contributed by atoms with Gasteiger partial charge in [0.15, 0.2) is 0 Å². The van der Waals surface area contributed by atoms with Crippen molar-refractivity contribution in [3.63, 3.8) is 0 Å². The molecule has 0 unspecified atom stereocenters. The number of nitrogen functional groups attached to an aromatic ring is 1. The molecule has 0 saturated heterocycles. The molecule has 0 spiro atoms. The standard InChI is InChI=1S/C15H16N4OS/c1-9-4-3-5-11-12(16)14(21-13(9)11)15(20)17-8-10-6-7-19(2)18-10/h3-7H,8,16H2,1-2H3,(H,17,20). The Labute approximate surface area is 126 Å². The Balaban J connectivity index is 1.84. The first-order chi connectivity index (χ1) is 10.1. The number of nitrogens with one attached hydrogen (secondary N) is 1. The SMILES string of the molecule is Cc1cccc2c(N)c(C(=O)NCc3ccn(C)n3)sc12. The summed E-state index contributed by atoms with van der Waals surface area (Å²) < 4.78 is 2.77. The van der Waals surface area contributed by atoms with E-state index < -0.39 is 0 Å². The second kappa shape index (κ2) is 5.21. The number of anilines is 1. The summed E-state index contributed by atoms with van der Waals surface area (Å²) in [6, 6.07) is 7.80. The molecule has 0 fully saturated rings. The van der Waals surface area contributed by atoms with Gasteiger partial charge in [0.1, 0.15) is 4.88 Å². The Kier molecular flexibility index (Phi) is 3.39. The summed E-state index contributed by atoms with van der Waals surface area (Å²) in [5.41, 5.74) is 8.62. The zero-order valence-corrected chi connectivity index (χ0v) is 12.7. The van der Waals surface area contributed by atoms with E-state index >= 15 is 0 Å². The lowest BCUT2D eigenvalue weighted by Crippen LogP contribution is -2.23. The van der Waals surface area contributed by atoms with Gasteiger partial charge in [0.05, 0.1) is 17.9 Å². The number of hydrogen-bond donors (Lipinski definition) is 2. The largest absolute Gasteiger partial charge is 0.397 e. The lowest BCUT2D eigenvalue weighted by atomic mass is 10.1. The molecular formula is C15H16N4OS. The van der Waals surface area contributed by atoms with Crippen LogP contribution >= 0.6 is 11.3 Å². The van der Waals surface area contributed by atoms with E-state index in [1.807, 2.05) is 44.4 Å². The number of hydrogen-bond acceptors (Lipinski definition) is 4. The van der Waals surface area contributed by atoms with Crippen molar-refractivity contribution in [1.82, 2.24) is 15.1 Å². The molecule has 6 heteroatoms. The molecule has 3 rings (SSSR count). The molecule has 0 atom stereocenters. The van der Waals surface area contributed by atoms with Crippen LogP contribution < -0.4 is 11.1 Å². The third kappa shape index (κ3) is 2.50. The van der Waals surface area contributed by atoms with Gasteiger partial charge in [0.2, 0.25) is 0 Å². The van der Waals surface area contributed by atoms with Gasteiger partial charge in [0.25, 0.3) is 5.91 Å². The van der Waals surface area contributed by atoms with E-state index in [9.17, 15) is 4.79 Å². The van der Waals surface area contributed by atoms with Crippen molar-refractivity contribution in [2.45, 2.75) is 13.5 Å². The van der Waals surface area contributed by atoms with E-state index in [2.05, 4.69) is 10.4 Å². The average Bonchev–Trinajstić information content (AvgIpc) is 3.02. The summed E-state index contributed by atoms with van der Waals surface area (Å²) in [6.45, 7) is 2.42. The minimum absolute atomic E-state index is 0.154. The van der Waals surface area contributed by atoms with Crippen LogP contribution in [0.15, 0.2) is 30.5 Å². The highest BCUT2D eigenvalue weighted by Gasteiger charge is 2.17. The van der Waals surface area contributed by atoms with E-state index in [0.29, 0.717) is 17.1 Å². The number of carbonyl (C=O) groups excluding carboxylic acids is 1. The highest BCUT2D eigenvalue weighted by Crippen LogP contribution is 2.35. The van der Waals surface area contributed by atoms with Crippen LogP contribution in [0.4, 0.5) is 5.69 Å². The van der Waals surface area contributed by atoms with E-state index in [-0.39, 0.29) is 5.91 Å². The number of nitrogens with zero attached hydrogens (tertiary/aromatic N) is 2. The normalized spacial score (nSPS) is 11.0. The number of rotatable bonds is 3. The van der Waals surface area contributed by atoms with Crippen LogP contribution in [-0.2, 0) is 13.6 Å². The maximum absolute atomic E-state index is 12.3. The molecule has 108 valence electrons. The number of amides is 1. The van der Waals surface area contributed by atoms with Crippen molar-refractivity contribution in [1.29, 1.82) is 0 Å². The number of aryl methyl sites for hydroxylation is 2. The van der Waals surface area contributed by atoms with Crippen LogP contribution in [0, 0.1) is 6.92 Å². The lowest BCUT2D eigenvalue weighted by molar-refractivity contribution is 0.0955. The third-order valence-corrected chi connectivity index (χ3v) is 4.71. The van der Waals surface area contributed by atoms with Crippen molar-refractivity contribution in [3.8, 4) is 0 Å². The first-order valence-corrected chi connectivity index (χ1v) is 7.42. The predicted molar refractivity (Wildman–Crippen MR) is 85.4 cm³/mol. The van der Waals surface area contributed by atoms with Crippen LogP contribution in [0.25, 0.3) is 10.1 Å². The summed E-state index contributed by atoms with van der Waals surface area (Å²) in [4.78, 5) is 12.9. The second-order valence-corrected chi connectivity index (χ2v) is 5.98. The molecule has 2 aromatic heterocycles. The van der Waals surface area contributed by atoms with Crippen molar-refractivity contribution in [3.05, 3.63) is 46.6 Å². The van der Waals surface area contributed by atoms with Crippen molar-refractivity contribution < 1.29 is 4.79 Å². The number of benzene rings is 1. The maximum atomic E-state index is 12.3. The molecule has 21 heavy (non-hydrogen) atoms. The fourth-order valence-electron chi connectivity index (χ4n) is 2.26. The maximum Gasteiger partial charge on any atom is 0.263 e. The fourth-order valence-corrected chi connectivity index (χ4v) is 3.36. The molecule has 0 aliphatic carbocycles. The molecule has 1 amide bonds. The highest BCUT2D eigenvalue weighted by atomic mass is 32.1. The molecule has 0 aliphatic heterocycles. The average molecular weight is 300 g/mol. The van der Waals surface area contributed by atoms with Gasteiger partial charge in [0, 0.05) is 23.3 Å². The zero-order valence-electron chi connectivity index (χ0n) is 11.9. The number of carbonyl (C=O) groups is 1. The first-order valence-electron chi connectivity index (χ1n) is 6.60. The smallest absolute Gasteiger partial charge is 0.263 e. The highest BCUT2D eigenvalue weighted by molar-refractivity contribution is 7.21. The van der Waals surface area contributed by atoms with Gasteiger partial charge in [-0.1, -0.05) is 18.2 Å². The van der Waals surface area contributed by atoms with Gasteiger partial charge in [-0.05, 0) is 18.6 Å². The minimum atomic E-state index is -0.154. The molecule has 3 aromatic rings. The summed E-state index contributed by atoms with van der Waals surface area (Å²) >= 11 is 1.44. The Morgan fingerprint density at radius 3 is 2.90 bits per heavy atom. The van der Waals surface area contributed by atoms with Crippen LogP contribution in [0.5, 0.6) is 0 Å². The van der Waals surface area contributed by atoms with E-state index in [4.69, 9.17) is 5.73 Å². The molecular weight excluding hydrogens is 284 g/mol. The number of thiophene rings is 1. The summed E-state index contributed by atoms with van der Waals surface area (Å²) in [5.74, 6) is -0.154. The summed E-state index contributed by atoms with van der Waals surface area (Å²) in [6.07, 6.45) is 1.85. The zero-order chi connectivity index (χ0) is 15.0. The van der Waals surface area contributed by atoms with Gasteiger partial charge < -0.3 is 11.1 Å². The number of fused-ring (bicyclic) bond motifs is 1. The summed E-state index contributed by atoms with van der Waals surface area (Å²) in [7, 11) is 1.85. The Morgan fingerprint density at radius 2 is 2.24 bits per heavy atom. The quantitative estimate of drug-likeness (QED) is 0.780. The van der Waals surface area contributed by atoms with Crippen molar-refractivity contribution in [2.24, 2.45) is 7.05 Å². The van der Waals surface area contributed by atoms with Gasteiger partial charge in [-0.25, -0.2) is 0 Å². The van der Waals surface area contributed by atoms with E-state index in [1.54, 1.807) is 4.68 Å². The van der Waals surface area contributed by atoms with Gasteiger partial charge in [-0.2, -0.15) is 5.10 Å². The van der Waals surface area contributed by atoms with Crippen molar-refractivity contribution in [2.75, 3.05) is 5.73 Å². The van der Waals surface area contributed by atoms with E-state index in [1.165, 1.54) is 11.3 Å². The molecule has 0 aliphatic rings. The monoisotopic (exact) mass is 300 g/mol. The van der Waals surface area contributed by atoms with Crippen LogP contribution in [0.3, 0.4) is 0 Å². The Morgan fingerprint density at radius 1 is 1.43 bits per heavy atom. The fraction of sp³-hybridized carbons (Fsp3) is 0.200. The van der Waals surface area contributed by atoms with Crippen LogP contribution in [0.1, 0.15) is 20.9 Å². The topological polar surface area (TPSA) is 72.9 Å². The molecule has 0 radical (unpaired) electrons. The van der Waals surface area contributed by atoms with Gasteiger partial charge in [-0.15, -0.1) is 11.3 Å². The van der Waals surface area contributed by atoms with Crippen molar-refractivity contribution >= 4 is 33.0 Å². The molecule has 2 heterocycles. The van der Waals surface area contributed by atoms with Gasteiger partial charge in [-0.3, -0.25) is 9.48 Å². The first kappa shape index (κ1) is 13.6. The molecule has 5 nitrogen and oxygen atoms in total. The minimum Gasteiger partial charge on any atom is -0.397 e. The molecule has 1 aromatic carbocycles. The molecule has 0 bridgehead atoms. The van der Waals surface area contributed by atoms with Crippen LogP contribution in [-0.4, -0.2) is 15.7 Å². The van der Waals surface area contributed by atoms with E-state index in [0.717, 1.165) is 21.3 Å². The number of nitrogens with two attached hydrogens (primary N) is 1. The predicted octanol–water partition coefficient (Wildman–Crippen LogP) is 2.46. The Hall–Kier alpha value is -2.34. The number of aromatic nitrogens is 2. The second-order valence-electron chi connectivity index (χ2n) is 4.96. The lowest BCUT2D eigenvalue weighted by Gasteiger charge is -2.02. The molecule has 0 saturated carbocycles.